The van der Waals surface area contributed by atoms with Crippen LogP contribution in [0.15, 0.2) is 35.4 Å². The quantitative estimate of drug-likeness (QED) is 0.771. The minimum absolute atomic E-state index is 0.135. The predicted octanol–water partition coefficient (Wildman–Crippen LogP) is 2.03. The van der Waals surface area contributed by atoms with Crippen molar-refractivity contribution < 1.29 is 4.79 Å². The minimum atomic E-state index is -0.155. The van der Waals surface area contributed by atoms with Crippen LogP contribution in [-0.4, -0.2) is 25.2 Å². The Morgan fingerprint density at radius 2 is 2.04 bits per heavy atom. The number of carbonyl (C=O) groups is 1. The number of aryl methyl sites for hydroxylation is 3. The maximum Gasteiger partial charge on any atom is 0.261 e. The standard InChI is InChI=1S/C18H21N5O2/c1-4-13-12(2)21-22(3)17(13)20-16(24)9-10-23-11-19-15-8-6-5-7-14(15)18(23)25/h5-8,11H,4,9-10H2,1-3H3,(H,20,24). The molecule has 2 heterocycles. The summed E-state index contributed by atoms with van der Waals surface area (Å²) in [6.45, 7) is 4.23. The van der Waals surface area contributed by atoms with Crippen LogP contribution in [0.1, 0.15) is 24.6 Å². The van der Waals surface area contributed by atoms with Crippen LogP contribution in [0.4, 0.5) is 5.82 Å². The first kappa shape index (κ1) is 16.9. The maximum absolute atomic E-state index is 12.4. The molecule has 7 heteroatoms. The van der Waals surface area contributed by atoms with Crippen molar-refractivity contribution >= 4 is 22.6 Å². The van der Waals surface area contributed by atoms with Crippen molar-refractivity contribution in [3.05, 3.63) is 52.2 Å². The number of rotatable bonds is 5. The molecule has 3 rings (SSSR count). The number of carbonyl (C=O) groups excluding carboxylic acids is 1. The molecule has 0 aliphatic heterocycles. The van der Waals surface area contributed by atoms with Gasteiger partial charge in [0.1, 0.15) is 5.82 Å². The molecule has 1 amide bonds. The monoisotopic (exact) mass is 339 g/mol. The summed E-state index contributed by atoms with van der Waals surface area (Å²) in [5.74, 6) is 0.562. The Morgan fingerprint density at radius 3 is 2.80 bits per heavy atom. The summed E-state index contributed by atoms with van der Waals surface area (Å²) >= 11 is 0. The normalized spacial score (nSPS) is 11.0. The molecule has 0 unspecified atom stereocenters. The Kier molecular flexibility index (Phi) is 4.65. The number of aromatic nitrogens is 4. The molecule has 0 saturated carbocycles. The smallest absolute Gasteiger partial charge is 0.261 e. The molecule has 130 valence electrons. The van der Waals surface area contributed by atoms with Crippen LogP contribution >= 0.6 is 0 Å². The maximum atomic E-state index is 12.4. The highest BCUT2D eigenvalue weighted by Gasteiger charge is 2.14. The summed E-state index contributed by atoms with van der Waals surface area (Å²) in [6, 6.07) is 7.19. The van der Waals surface area contributed by atoms with Gasteiger partial charge in [-0.05, 0) is 25.5 Å². The number of benzene rings is 1. The van der Waals surface area contributed by atoms with E-state index >= 15 is 0 Å². The van der Waals surface area contributed by atoms with Gasteiger partial charge in [-0.25, -0.2) is 4.98 Å². The molecule has 0 bridgehead atoms. The van der Waals surface area contributed by atoms with Gasteiger partial charge in [-0.15, -0.1) is 0 Å². The summed E-state index contributed by atoms with van der Waals surface area (Å²) in [7, 11) is 1.81. The fraction of sp³-hybridized carbons (Fsp3) is 0.333. The van der Waals surface area contributed by atoms with Crippen LogP contribution in [-0.2, 0) is 24.8 Å². The van der Waals surface area contributed by atoms with Crippen molar-refractivity contribution in [2.75, 3.05) is 5.32 Å². The van der Waals surface area contributed by atoms with Gasteiger partial charge in [-0.2, -0.15) is 5.10 Å². The number of nitrogens with one attached hydrogen (secondary N) is 1. The van der Waals surface area contributed by atoms with E-state index in [0.29, 0.717) is 16.7 Å². The van der Waals surface area contributed by atoms with Gasteiger partial charge in [-0.3, -0.25) is 18.8 Å². The third-order valence-electron chi connectivity index (χ3n) is 4.27. The fourth-order valence-electron chi connectivity index (χ4n) is 2.96. The molecular weight excluding hydrogens is 318 g/mol. The van der Waals surface area contributed by atoms with Crippen molar-refractivity contribution in [3.8, 4) is 0 Å². The molecular formula is C18H21N5O2. The number of hydrogen-bond donors (Lipinski definition) is 1. The van der Waals surface area contributed by atoms with E-state index in [1.165, 1.54) is 10.9 Å². The average Bonchev–Trinajstić information content (AvgIpc) is 2.87. The second kappa shape index (κ2) is 6.88. The minimum Gasteiger partial charge on any atom is -0.311 e. The van der Waals surface area contributed by atoms with E-state index in [-0.39, 0.29) is 24.4 Å². The number of anilines is 1. The molecule has 0 aliphatic rings. The Bertz CT molecular complexity index is 987. The molecule has 0 spiro atoms. The zero-order chi connectivity index (χ0) is 18.0. The summed E-state index contributed by atoms with van der Waals surface area (Å²) in [5, 5.41) is 7.80. The highest BCUT2D eigenvalue weighted by molar-refractivity contribution is 5.90. The molecule has 3 aromatic rings. The van der Waals surface area contributed by atoms with Crippen LogP contribution in [0.3, 0.4) is 0 Å². The number of fused-ring (bicyclic) bond motifs is 1. The summed E-state index contributed by atoms with van der Waals surface area (Å²) in [5.41, 5.74) is 2.46. The van der Waals surface area contributed by atoms with Crippen LogP contribution in [0.2, 0.25) is 0 Å². The van der Waals surface area contributed by atoms with Crippen molar-refractivity contribution in [3.63, 3.8) is 0 Å². The van der Waals surface area contributed by atoms with E-state index in [1.54, 1.807) is 29.9 Å². The van der Waals surface area contributed by atoms with Crippen molar-refractivity contribution in [2.45, 2.75) is 33.2 Å². The highest BCUT2D eigenvalue weighted by Crippen LogP contribution is 2.19. The van der Waals surface area contributed by atoms with Crippen LogP contribution in [0, 0.1) is 6.92 Å². The first-order valence-corrected chi connectivity index (χ1v) is 8.27. The lowest BCUT2D eigenvalue weighted by atomic mass is 10.2. The lowest BCUT2D eigenvalue weighted by Gasteiger charge is -2.09. The van der Waals surface area contributed by atoms with Crippen molar-refractivity contribution in [1.29, 1.82) is 0 Å². The third kappa shape index (κ3) is 3.31. The van der Waals surface area contributed by atoms with Gasteiger partial charge in [0.25, 0.3) is 5.56 Å². The van der Waals surface area contributed by atoms with E-state index in [2.05, 4.69) is 15.4 Å². The van der Waals surface area contributed by atoms with E-state index in [9.17, 15) is 9.59 Å². The number of nitrogens with zero attached hydrogens (tertiary/aromatic N) is 4. The predicted molar refractivity (Wildman–Crippen MR) is 96.6 cm³/mol. The Balaban J connectivity index is 1.73. The number of hydrogen-bond acceptors (Lipinski definition) is 4. The SMILES string of the molecule is CCc1c(C)nn(C)c1NC(=O)CCn1cnc2ccccc2c1=O. The highest BCUT2D eigenvalue weighted by atomic mass is 16.2. The molecule has 7 nitrogen and oxygen atoms in total. The number of para-hydroxylation sites is 1. The summed E-state index contributed by atoms with van der Waals surface area (Å²) in [6.07, 6.45) is 2.47. The Labute approximate surface area is 145 Å². The molecule has 0 radical (unpaired) electrons. The van der Waals surface area contributed by atoms with Gasteiger partial charge < -0.3 is 5.32 Å². The average molecular weight is 339 g/mol. The van der Waals surface area contributed by atoms with Crippen LogP contribution < -0.4 is 10.9 Å². The third-order valence-corrected chi connectivity index (χ3v) is 4.27. The number of amides is 1. The van der Waals surface area contributed by atoms with E-state index in [1.807, 2.05) is 19.9 Å². The first-order valence-electron chi connectivity index (χ1n) is 8.27. The fourth-order valence-corrected chi connectivity index (χ4v) is 2.96. The van der Waals surface area contributed by atoms with Crippen LogP contribution in [0.5, 0.6) is 0 Å². The molecule has 0 saturated heterocycles. The molecule has 2 aromatic heterocycles. The Hall–Kier alpha value is -2.96. The topological polar surface area (TPSA) is 81.8 Å². The molecule has 0 fully saturated rings. The zero-order valence-electron chi connectivity index (χ0n) is 14.6. The van der Waals surface area contributed by atoms with E-state index < -0.39 is 0 Å². The van der Waals surface area contributed by atoms with Crippen molar-refractivity contribution in [1.82, 2.24) is 19.3 Å². The molecule has 0 aliphatic carbocycles. The van der Waals surface area contributed by atoms with E-state index in [4.69, 9.17) is 0 Å². The summed E-state index contributed by atoms with van der Waals surface area (Å²) < 4.78 is 3.15. The zero-order valence-corrected chi connectivity index (χ0v) is 14.6. The largest absolute Gasteiger partial charge is 0.311 e. The molecule has 25 heavy (non-hydrogen) atoms. The lowest BCUT2D eigenvalue weighted by Crippen LogP contribution is -2.24. The summed E-state index contributed by atoms with van der Waals surface area (Å²) in [4.78, 5) is 29.0. The van der Waals surface area contributed by atoms with Gasteiger partial charge >= 0.3 is 0 Å². The first-order chi connectivity index (χ1) is 12.0. The van der Waals surface area contributed by atoms with Crippen LogP contribution in [0.25, 0.3) is 10.9 Å². The van der Waals surface area contributed by atoms with Gasteiger partial charge in [0.15, 0.2) is 0 Å². The van der Waals surface area contributed by atoms with Gasteiger partial charge in [0.05, 0.1) is 22.9 Å². The van der Waals surface area contributed by atoms with Gasteiger partial charge in [0, 0.05) is 25.6 Å². The van der Waals surface area contributed by atoms with Gasteiger partial charge in [0.2, 0.25) is 5.91 Å². The van der Waals surface area contributed by atoms with Gasteiger partial charge in [-0.1, -0.05) is 19.1 Å². The molecule has 1 N–H and O–H groups in total. The lowest BCUT2D eigenvalue weighted by molar-refractivity contribution is -0.116. The van der Waals surface area contributed by atoms with E-state index in [0.717, 1.165) is 17.7 Å². The molecule has 0 atom stereocenters. The molecule has 1 aromatic carbocycles. The van der Waals surface area contributed by atoms with Crippen molar-refractivity contribution in [2.24, 2.45) is 7.05 Å². The Morgan fingerprint density at radius 1 is 1.28 bits per heavy atom. The second-order valence-electron chi connectivity index (χ2n) is 5.95. The second-order valence-corrected chi connectivity index (χ2v) is 5.95.